The molecule has 0 heterocycles. The van der Waals surface area contributed by atoms with Gasteiger partial charge in [0.2, 0.25) is 0 Å². The number of hydrogen-bond donors (Lipinski definition) is 2. The zero-order valence-electron chi connectivity index (χ0n) is 14.5. The quantitative estimate of drug-likeness (QED) is 0.817. The van der Waals surface area contributed by atoms with Crippen LogP contribution >= 0.6 is 0 Å². The molecule has 0 aromatic heterocycles. The highest BCUT2D eigenvalue weighted by molar-refractivity contribution is 5.17. The van der Waals surface area contributed by atoms with Gasteiger partial charge in [-0.05, 0) is 58.2 Å². The first-order valence-electron chi connectivity index (χ1n) is 8.60. The van der Waals surface area contributed by atoms with Gasteiger partial charge in [0.05, 0.1) is 11.7 Å². The zero-order chi connectivity index (χ0) is 16.3. The second-order valence-electron chi connectivity index (χ2n) is 6.28. The predicted octanol–water partition coefficient (Wildman–Crippen LogP) is 3.56. The van der Waals surface area contributed by atoms with Crippen LogP contribution in [0.5, 0.6) is 0 Å². The van der Waals surface area contributed by atoms with Gasteiger partial charge < -0.3 is 15.2 Å². The van der Waals surface area contributed by atoms with Gasteiger partial charge in [-0.25, -0.2) is 0 Å². The molecule has 0 radical (unpaired) electrons. The molecule has 1 aromatic carbocycles. The summed E-state index contributed by atoms with van der Waals surface area (Å²) in [7, 11) is 3.75. The van der Waals surface area contributed by atoms with Crippen molar-refractivity contribution < 1.29 is 9.84 Å². The van der Waals surface area contributed by atoms with Gasteiger partial charge in [0.25, 0.3) is 0 Å². The lowest BCUT2D eigenvalue weighted by molar-refractivity contribution is -0.0575. The lowest BCUT2D eigenvalue weighted by Crippen LogP contribution is -2.35. The van der Waals surface area contributed by atoms with Crippen LogP contribution in [0.4, 0.5) is 0 Å². The lowest BCUT2D eigenvalue weighted by atomic mass is 9.87. The van der Waals surface area contributed by atoms with Crippen molar-refractivity contribution in [2.24, 2.45) is 0 Å². The van der Waals surface area contributed by atoms with E-state index in [0.29, 0.717) is 0 Å². The van der Waals surface area contributed by atoms with Gasteiger partial charge >= 0.3 is 0 Å². The number of hydrogen-bond acceptors (Lipinski definition) is 3. The Morgan fingerprint density at radius 3 is 2.50 bits per heavy atom. The first-order chi connectivity index (χ1) is 10.7. The van der Waals surface area contributed by atoms with E-state index in [1.165, 1.54) is 5.56 Å². The van der Waals surface area contributed by atoms with E-state index in [1.54, 1.807) is 0 Å². The van der Waals surface area contributed by atoms with Crippen molar-refractivity contribution in [3.05, 3.63) is 35.9 Å². The summed E-state index contributed by atoms with van der Waals surface area (Å²) in [4.78, 5) is 0. The minimum absolute atomic E-state index is 0.0607. The van der Waals surface area contributed by atoms with Gasteiger partial charge in [-0.1, -0.05) is 37.3 Å². The van der Waals surface area contributed by atoms with Crippen LogP contribution in [0, 0.1) is 0 Å². The largest absolute Gasteiger partial charge is 0.393 e. The Morgan fingerprint density at radius 1 is 1.18 bits per heavy atom. The third-order valence-electron chi connectivity index (χ3n) is 4.08. The van der Waals surface area contributed by atoms with E-state index in [2.05, 4.69) is 42.6 Å². The van der Waals surface area contributed by atoms with Crippen molar-refractivity contribution in [3.8, 4) is 0 Å². The van der Waals surface area contributed by atoms with Crippen LogP contribution in [-0.2, 0) is 11.2 Å². The Morgan fingerprint density at radius 2 is 1.86 bits per heavy atom. The second-order valence-corrected chi connectivity index (χ2v) is 6.28. The Labute approximate surface area is 136 Å². The summed E-state index contributed by atoms with van der Waals surface area (Å²) in [6, 6.07) is 10.6. The van der Waals surface area contributed by atoms with Gasteiger partial charge in [-0.2, -0.15) is 0 Å². The fraction of sp³-hybridized carbons (Fsp3) is 0.684. The van der Waals surface area contributed by atoms with Gasteiger partial charge in [-0.15, -0.1) is 0 Å². The van der Waals surface area contributed by atoms with Crippen molar-refractivity contribution in [1.29, 1.82) is 0 Å². The number of aliphatic hydroxyl groups is 1. The number of benzene rings is 1. The summed E-state index contributed by atoms with van der Waals surface area (Å²) in [5, 5.41) is 12.6. The van der Waals surface area contributed by atoms with Crippen LogP contribution < -0.4 is 5.32 Å². The van der Waals surface area contributed by atoms with Crippen LogP contribution in [0.2, 0.25) is 0 Å². The predicted molar refractivity (Wildman–Crippen MR) is 93.2 cm³/mol. The van der Waals surface area contributed by atoms with E-state index >= 15 is 0 Å². The van der Waals surface area contributed by atoms with E-state index in [0.717, 1.165) is 51.6 Å². The molecule has 2 N–H and O–H groups in total. The Hall–Kier alpha value is -0.900. The molecule has 2 atom stereocenters. The smallest absolute Gasteiger partial charge is 0.0723 e. The summed E-state index contributed by atoms with van der Waals surface area (Å²) in [6.45, 7) is 2.98. The molecule has 0 bridgehead atoms. The highest BCUT2D eigenvalue weighted by Gasteiger charge is 2.33. The van der Waals surface area contributed by atoms with Gasteiger partial charge in [0.15, 0.2) is 0 Å². The second kappa shape index (κ2) is 10.8. The van der Waals surface area contributed by atoms with Gasteiger partial charge in [-0.3, -0.25) is 0 Å². The first-order valence-corrected chi connectivity index (χ1v) is 8.60. The maximum absolute atomic E-state index is 9.86. The number of ether oxygens (including phenoxy) is 1. The number of rotatable bonds is 5. The highest BCUT2D eigenvalue weighted by atomic mass is 16.5. The normalized spacial score (nSPS) is 25.0. The highest BCUT2D eigenvalue weighted by Crippen LogP contribution is 2.34. The minimum Gasteiger partial charge on any atom is -0.393 e. The summed E-state index contributed by atoms with van der Waals surface area (Å²) in [5.41, 5.74) is 1.28. The SMILES string of the molecule is CCCOC1(Cc2ccccc2)CCCC(O)CC1.CNC. The third-order valence-corrected chi connectivity index (χ3v) is 4.08. The molecule has 1 aromatic rings. The maximum atomic E-state index is 9.86. The minimum atomic E-state index is -0.136. The molecular formula is C19H33NO2. The van der Waals surface area contributed by atoms with Crippen LogP contribution in [0.25, 0.3) is 0 Å². The summed E-state index contributed by atoms with van der Waals surface area (Å²) in [5.74, 6) is 0. The molecule has 22 heavy (non-hydrogen) atoms. The lowest BCUT2D eigenvalue weighted by Gasteiger charge is -2.33. The van der Waals surface area contributed by atoms with Crippen molar-refractivity contribution in [2.75, 3.05) is 20.7 Å². The molecule has 1 fully saturated rings. The molecular weight excluding hydrogens is 274 g/mol. The molecule has 1 saturated carbocycles. The topological polar surface area (TPSA) is 41.5 Å². The molecule has 0 spiro atoms. The molecule has 2 rings (SSSR count). The molecule has 2 unspecified atom stereocenters. The number of nitrogens with one attached hydrogen (secondary N) is 1. The molecule has 0 amide bonds. The average molecular weight is 307 g/mol. The van der Waals surface area contributed by atoms with E-state index in [4.69, 9.17) is 4.74 Å². The van der Waals surface area contributed by atoms with Crippen LogP contribution in [0.3, 0.4) is 0 Å². The van der Waals surface area contributed by atoms with E-state index in [-0.39, 0.29) is 11.7 Å². The van der Waals surface area contributed by atoms with E-state index < -0.39 is 0 Å². The molecule has 3 nitrogen and oxygen atoms in total. The van der Waals surface area contributed by atoms with Crippen molar-refractivity contribution >= 4 is 0 Å². The average Bonchev–Trinajstić information content (AvgIpc) is 2.70. The third kappa shape index (κ3) is 6.91. The van der Waals surface area contributed by atoms with E-state index in [9.17, 15) is 5.11 Å². The molecule has 126 valence electrons. The first kappa shape index (κ1) is 19.1. The van der Waals surface area contributed by atoms with Gasteiger partial charge in [0.1, 0.15) is 0 Å². The number of aliphatic hydroxyl groups excluding tert-OH is 1. The van der Waals surface area contributed by atoms with E-state index in [1.807, 2.05) is 14.1 Å². The Bertz CT molecular complexity index is 378. The van der Waals surface area contributed by atoms with Crippen molar-refractivity contribution in [3.63, 3.8) is 0 Å². The molecule has 1 aliphatic carbocycles. The zero-order valence-corrected chi connectivity index (χ0v) is 14.5. The van der Waals surface area contributed by atoms with Crippen LogP contribution in [-0.4, -0.2) is 37.5 Å². The molecule has 0 aliphatic heterocycles. The fourth-order valence-electron chi connectivity index (χ4n) is 3.02. The molecule has 3 heteroatoms. The fourth-order valence-corrected chi connectivity index (χ4v) is 3.02. The van der Waals surface area contributed by atoms with Crippen LogP contribution in [0.1, 0.15) is 51.0 Å². The van der Waals surface area contributed by atoms with Crippen molar-refractivity contribution in [1.82, 2.24) is 5.32 Å². The van der Waals surface area contributed by atoms with Crippen LogP contribution in [0.15, 0.2) is 30.3 Å². The molecule has 0 saturated heterocycles. The maximum Gasteiger partial charge on any atom is 0.0723 e. The summed E-state index contributed by atoms with van der Waals surface area (Å²) < 4.78 is 6.24. The Balaban J connectivity index is 0.000000745. The Kier molecular flexibility index (Phi) is 9.37. The van der Waals surface area contributed by atoms with Gasteiger partial charge in [0, 0.05) is 13.0 Å². The molecule has 1 aliphatic rings. The summed E-state index contributed by atoms with van der Waals surface area (Å²) in [6.07, 6.45) is 6.80. The monoisotopic (exact) mass is 307 g/mol. The standard InChI is InChI=1S/C17H26O2.C2H7N/c1-2-13-19-17(11-6-9-16(18)10-12-17)14-15-7-4-3-5-8-15;1-3-2/h3-5,7-8,16,18H,2,6,9-14H2,1H3;3H,1-2H3. The summed E-state index contributed by atoms with van der Waals surface area (Å²) >= 11 is 0. The van der Waals surface area contributed by atoms with Crippen molar-refractivity contribution in [2.45, 2.75) is 63.6 Å².